The SMILES string of the molecule is CCOc1ccccc1NC(=O)CSc1nnc(N/N=C(\C)c2ccc(F)cc2)n1N. The molecule has 0 bridgehead atoms. The second-order valence-corrected chi connectivity index (χ2v) is 7.20. The van der Waals surface area contributed by atoms with Crippen LogP contribution in [0.1, 0.15) is 19.4 Å². The van der Waals surface area contributed by atoms with Gasteiger partial charge in [-0.3, -0.25) is 4.79 Å². The number of carbonyl (C=O) groups is 1. The third kappa shape index (κ3) is 5.95. The van der Waals surface area contributed by atoms with Gasteiger partial charge in [-0.2, -0.15) is 5.10 Å². The number of para-hydroxylation sites is 2. The van der Waals surface area contributed by atoms with Crippen molar-refractivity contribution in [1.29, 1.82) is 0 Å². The third-order valence-electron chi connectivity index (χ3n) is 4.04. The number of hydrogen-bond donors (Lipinski definition) is 3. The smallest absolute Gasteiger partial charge is 0.264 e. The van der Waals surface area contributed by atoms with Crippen LogP contribution in [0.5, 0.6) is 5.75 Å². The van der Waals surface area contributed by atoms with E-state index in [1.54, 1.807) is 31.2 Å². The molecular formula is C20H22FN7O2S. The quantitative estimate of drug-likeness (QED) is 0.201. The van der Waals surface area contributed by atoms with E-state index in [2.05, 4.69) is 26.0 Å². The Kier molecular flexibility index (Phi) is 7.44. The summed E-state index contributed by atoms with van der Waals surface area (Å²) < 4.78 is 19.7. The minimum Gasteiger partial charge on any atom is -0.492 e. The van der Waals surface area contributed by atoms with E-state index < -0.39 is 0 Å². The molecule has 0 radical (unpaired) electrons. The molecule has 0 aliphatic rings. The maximum atomic E-state index is 13.0. The molecule has 0 atom stereocenters. The predicted molar refractivity (Wildman–Crippen MR) is 119 cm³/mol. The summed E-state index contributed by atoms with van der Waals surface area (Å²) >= 11 is 1.13. The first-order chi connectivity index (χ1) is 15.0. The van der Waals surface area contributed by atoms with E-state index in [1.165, 1.54) is 16.8 Å². The molecule has 0 aliphatic carbocycles. The summed E-state index contributed by atoms with van der Waals surface area (Å²) in [5, 5.41) is 15.2. The topological polar surface area (TPSA) is 119 Å². The van der Waals surface area contributed by atoms with Crippen molar-refractivity contribution in [1.82, 2.24) is 14.9 Å². The van der Waals surface area contributed by atoms with Gasteiger partial charge >= 0.3 is 0 Å². The van der Waals surface area contributed by atoms with E-state index in [1.807, 2.05) is 19.1 Å². The number of nitrogens with two attached hydrogens (primary N) is 1. The van der Waals surface area contributed by atoms with Gasteiger partial charge in [0.05, 0.1) is 23.8 Å². The van der Waals surface area contributed by atoms with E-state index in [-0.39, 0.29) is 23.4 Å². The average Bonchev–Trinajstić information content (AvgIpc) is 3.12. The highest BCUT2D eigenvalue weighted by Crippen LogP contribution is 2.24. The number of nitrogens with one attached hydrogen (secondary N) is 2. The maximum Gasteiger partial charge on any atom is 0.264 e. The highest BCUT2D eigenvalue weighted by atomic mass is 32.2. The number of nitrogen functional groups attached to an aromatic ring is 1. The first-order valence-corrected chi connectivity index (χ1v) is 10.4. The monoisotopic (exact) mass is 443 g/mol. The zero-order valence-corrected chi connectivity index (χ0v) is 17.8. The molecule has 1 heterocycles. The van der Waals surface area contributed by atoms with E-state index >= 15 is 0 Å². The summed E-state index contributed by atoms with van der Waals surface area (Å²) in [6, 6.07) is 13.1. The van der Waals surface area contributed by atoms with Crippen molar-refractivity contribution in [3.8, 4) is 5.75 Å². The van der Waals surface area contributed by atoms with E-state index in [9.17, 15) is 9.18 Å². The minimum absolute atomic E-state index is 0.0771. The normalized spacial score (nSPS) is 11.3. The lowest BCUT2D eigenvalue weighted by Crippen LogP contribution is -2.17. The number of thioether (sulfide) groups is 1. The Labute approximate surface area is 182 Å². The van der Waals surface area contributed by atoms with Crippen molar-refractivity contribution in [2.75, 3.05) is 28.9 Å². The van der Waals surface area contributed by atoms with Crippen LogP contribution in [0.2, 0.25) is 0 Å². The van der Waals surface area contributed by atoms with Crippen LogP contribution in [-0.2, 0) is 4.79 Å². The Balaban J connectivity index is 1.57. The molecule has 0 unspecified atom stereocenters. The lowest BCUT2D eigenvalue weighted by Gasteiger charge is -2.10. The van der Waals surface area contributed by atoms with Crippen molar-refractivity contribution in [2.24, 2.45) is 5.10 Å². The summed E-state index contributed by atoms with van der Waals surface area (Å²) in [7, 11) is 0. The molecule has 4 N–H and O–H groups in total. The van der Waals surface area contributed by atoms with Crippen LogP contribution in [0.4, 0.5) is 16.0 Å². The van der Waals surface area contributed by atoms with Gasteiger partial charge in [0.1, 0.15) is 11.6 Å². The minimum atomic E-state index is -0.321. The molecule has 0 spiro atoms. The number of halogens is 1. The molecule has 0 fully saturated rings. The average molecular weight is 444 g/mol. The van der Waals surface area contributed by atoms with Gasteiger partial charge in [0.25, 0.3) is 5.95 Å². The fourth-order valence-electron chi connectivity index (χ4n) is 2.51. The first-order valence-electron chi connectivity index (χ1n) is 9.39. The van der Waals surface area contributed by atoms with Gasteiger partial charge in [0.2, 0.25) is 11.1 Å². The van der Waals surface area contributed by atoms with Crippen molar-refractivity contribution < 1.29 is 13.9 Å². The van der Waals surface area contributed by atoms with Crippen molar-refractivity contribution in [2.45, 2.75) is 19.0 Å². The van der Waals surface area contributed by atoms with Crippen LogP contribution in [-0.4, -0.2) is 38.9 Å². The molecule has 0 aliphatic heterocycles. The number of anilines is 2. The van der Waals surface area contributed by atoms with Crippen molar-refractivity contribution in [3.05, 3.63) is 59.9 Å². The van der Waals surface area contributed by atoms with Gasteiger partial charge < -0.3 is 15.9 Å². The van der Waals surface area contributed by atoms with Crippen molar-refractivity contribution in [3.63, 3.8) is 0 Å². The molecule has 3 aromatic rings. The van der Waals surface area contributed by atoms with E-state index in [4.69, 9.17) is 10.6 Å². The molecule has 1 amide bonds. The second-order valence-electron chi connectivity index (χ2n) is 6.26. The number of carbonyl (C=O) groups excluding carboxylic acids is 1. The summed E-state index contributed by atoms with van der Waals surface area (Å²) in [5.74, 6) is 6.31. The van der Waals surface area contributed by atoms with Crippen LogP contribution in [0.25, 0.3) is 0 Å². The molecule has 0 saturated carbocycles. The molecule has 9 nitrogen and oxygen atoms in total. The van der Waals surface area contributed by atoms with Gasteiger partial charge in [-0.25, -0.2) is 14.5 Å². The fourth-order valence-corrected chi connectivity index (χ4v) is 3.17. The molecule has 3 rings (SSSR count). The molecular weight excluding hydrogens is 421 g/mol. The Morgan fingerprint density at radius 1 is 1.23 bits per heavy atom. The molecule has 0 saturated heterocycles. The number of hydrazone groups is 1. The molecule has 162 valence electrons. The Morgan fingerprint density at radius 3 is 2.71 bits per heavy atom. The highest BCUT2D eigenvalue weighted by Gasteiger charge is 2.13. The second kappa shape index (κ2) is 10.4. The lowest BCUT2D eigenvalue weighted by molar-refractivity contribution is -0.113. The predicted octanol–water partition coefficient (Wildman–Crippen LogP) is 3.10. The summed E-state index contributed by atoms with van der Waals surface area (Å²) in [6.45, 7) is 4.13. The maximum absolute atomic E-state index is 13.0. The Hall–Kier alpha value is -3.60. The molecule has 11 heteroatoms. The van der Waals surface area contributed by atoms with Gasteiger partial charge in [-0.1, -0.05) is 36.0 Å². The summed E-state index contributed by atoms with van der Waals surface area (Å²) in [5.41, 5.74) is 4.68. The fraction of sp³-hybridized carbons (Fsp3) is 0.200. The highest BCUT2D eigenvalue weighted by molar-refractivity contribution is 7.99. The lowest BCUT2D eigenvalue weighted by atomic mass is 10.1. The number of hydrogen-bond acceptors (Lipinski definition) is 8. The molecule has 2 aromatic carbocycles. The van der Waals surface area contributed by atoms with Gasteiger partial charge in [-0.15, -0.1) is 10.2 Å². The first kappa shape index (κ1) is 22.1. The third-order valence-corrected chi connectivity index (χ3v) is 4.99. The van der Waals surface area contributed by atoms with E-state index in [0.29, 0.717) is 28.9 Å². The van der Waals surface area contributed by atoms with Crippen LogP contribution in [0.3, 0.4) is 0 Å². The molecule has 1 aromatic heterocycles. The summed E-state index contributed by atoms with van der Waals surface area (Å²) in [6.07, 6.45) is 0. The summed E-state index contributed by atoms with van der Waals surface area (Å²) in [4.78, 5) is 12.3. The van der Waals surface area contributed by atoms with Crippen LogP contribution in [0.15, 0.2) is 58.8 Å². The van der Waals surface area contributed by atoms with Crippen LogP contribution < -0.4 is 21.3 Å². The Morgan fingerprint density at radius 2 is 1.97 bits per heavy atom. The largest absolute Gasteiger partial charge is 0.492 e. The zero-order chi connectivity index (χ0) is 22.2. The van der Waals surface area contributed by atoms with Crippen LogP contribution in [0, 0.1) is 5.82 Å². The number of aromatic nitrogens is 3. The van der Waals surface area contributed by atoms with Gasteiger partial charge in [0, 0.05) is 0 Å². The number of nitrogens with zero attached hydrogens (tertiary/aromatic N) is 4. The van der Waals surface area contributed by atoms with Crippen molar-refractivity contribution >= 4 is 35.0 Å². The van der Waals surface area contributed by atoms with E-state index in [0.717, 1.165) is 17.3 Å². The zero-order valence-electron chi connectivity index (χ0n) is 17.0. The Bertz CT molecular complexity index is 1070. The number of amides is 1. The van der Waals surface area contributed by atoms with Gasteiger partial charge in [0.15, 0.2) is 0 Å². The standard InChI is InChI=1S/C20H22FN7O2S/c1-3-30-17-7-5-4-6-16(17)23-18(29)12-31-20-27-26-19(28(20)22)25-24-13(2)14-8-10-15(21)11-9-14/h4-11H,3,12,22H2,1-2H3,(H,23,29)(H,25,26)/b24-13+. The number of benzene rings is 2. The molecule has 31 heavy (non-hydrogen) atoms. The number of ether oxygens (including phenoxy) is 1. The van der Waals surface area contributed by atoms with Gasteiger partial charge in [-0.05, 0) is 43.7 Å². The van der Waals surface area contributed by atoms with Crippen LogP contribution >= 0.6 is 11.8 Å². The number of rotatable bonds is 9.